The van der Waals surface area contributed by atoms with Gasteiger partial charge in [0.05, 0.1) is 11.4 Å². The van der Waals surface area contributed by atoms with E-state index >= 15 is 0 Å². The van der Waals surface area contributed by atoms with E-state index < -0.39 is 0 Å². The Kier molecular flexibility index (Phi) is 6.56. The average molecular weight is 394 g/mol. The molecule has 1 N–H and O–H groups in total. The van der Waals surface area contributed by atoms with Crippen LogP contribution in [0.25, 0.3) is 5.69 Å². The normalized spacial score (nSPS) is 16.0. The third kappa shape index (κ3) is 4.78. The number of halogens is 1. The van der Waals surface area contributed by atoms with Crippen molar-refractivity contribution in [3.05, 3.63) is 35.1 Å². The summed E-state index contributed by atoms with van der Waals surface area (Å²) < 4.78 is 1.85. The van der Waals surface area contributed by atoms with E-state index in [9.17, 15) is 4.79 Å². The predicted octanol–water partition coefficient (Wildman–Crippen LogP) is 2.92. The van der Waals surface area contributed by atoms with Crippen molar-refractivity contribution < 1.29 is 4.79 Å². The molecular formula is C18H24ClN5OS. The largest absolute Gasteiger partial charge is 0.353 e. The maximum absolute atomic E-state index is 12.3. The van der Waals surface area contributed by atoms with E-state index in [4.69, 9.17) is 11.6 Å². The molecule has 0 aliphatic carbocycles. The number of aromatic nitrogens is 3. The van der Waals surface area contributed by atoms with Crippen LogP contribution < -0.4 is 5.32 Å². The average Bonchev–Trinajstić information content (AvgIpc) is 3.11. The minimum absolute atomic E-state index is 0.0430. The number of likely N-dealkylation sites (tertiary alicyclic amines) is 1. The molecule has 0 spiro atoms. The van der Waals surface area contributed by atoms with Crippen molar-refractivity contribution in [3.63, 3.8) is 0 Å². The number of carbonyl (C=O) groups is 1. The van der Waals surface area contributed by atoms with Crippen molar-refractivity contribution in [1.29, 1.82) is 0 Å². The highest BCUT2D eigenvalue weighted by Crippen LogP contribution is 2.23. The monoisotopic (exact) mass is 393 g/mol. The number of hydrogen-bond donors (Lipinski definition) is 1. The van der Waals surface area contributed by atoms with Crippen LogP contribution in [0.1, 0.15) is 25.3 Å². The van der Waals surface area contributed by atoms with Crippen LogP contribution in [0.4, 0.5) is 0 Å². The minimum atomic E-state index is 0.0430. The van der Waals surface area contributed by atoms with Gasteiger partial charge >= 0.3 is 0 Å². The molecule has 0 atom stereocenters. The van der Waals surface area contributed by atoms with Crippen LogP contribution in [0.15, 0.2) is 29.7 Å². The molecule has 0 saturated carbocycles. The molecule has 0 unspecified atom stereocenters. The predicted molar refractivity (Wildman–Crippen MR) is 105 cm³/mol. The van der Waals surface area contributed by atoms with E-state index in [1.165, 1.54) is 11.8 Å². The molecule has 1 amide bonds. The molecule has 1 aliphatic rings. The molecule has 6 nitrogen and oxygen atoms in total. The Labute approximate surface area is 163 Å². The van der Waals surface area contributed by atoms with Gasteiger partial charge in [-0.25, -0.2) is 0 Å². The number of nitrogens with one attached hydrogen (secondary N) is 1. The second-order valence-electron chi connectivity index (χ2n) is 6.48. The van der Waals surface area contributed by atoms with Gasteiger partial charge in [0, 0.05) is 24.2 Å². The van der Waals surface area contributed by atoms with Crippen molar-refractivity contribution in [2.75, 3.05) is 25.4 Å². The Morgan fingerprint density at radius 2 is 2.15 bits per heavy atom. The summed E-state index contributed by atoms with van der Waals surface area (Å²) in [5.74, 6) is 0.369. The van der Waals surface area contributed by atoms with Crippen molar-refractivity contribution in [3.8, 4) is 5.69 Å². The lowest BCUT2D eigenvalue weighted by atomic mass is 10.1. The van der Waals surface area contributed by atoms with Gasteiger partial charge < -0.3 is 10.2 Å². The molecule has 1 aliphatic heterocycles. The number of nitrogens with zero attached hydrogens (tertiary/aromatic N) is 4. The van der Waals surface area contributed by atoms with E-state index in [2.05, 4.69) is 27.3 Å². The summed E-state index contributed by atoms with van der Waals surface area (Å²) >= 11 is 7.60. The molecule has 1 saturated heterocycles. The molecule has 140 valence electrons. The SMILES string of the molecule is CCN1CCC(NC(=O)CSc2nncn2-c2ccc(C)c(Cl)c2)CC1. The Morgan fingerprint density at radius 3 is 2.85 bits per heavy atom. The van der Waals surface area contributed by atoms with Gasteiger partial charge in [-0.3, -0.25) is 9.36 Å². The van der Waals surface area contributed by atoms with E-state index in [1.54, 1.807) is 6.33 Å². The lowest BCUT2D eigenvalue weighted by Gasteiger charge is -2.31. The standard InChI is InChI=1S/C18H24ClN5OS/c1-3-23-8-6-14(7-9-23)21-17(25)11-26-18-22-20-12-24(18)15-5-4-13(2)16(19)10-15/h4-5,10,12,14H,3,6-9,11H2,1-2H3,(H,21,25). The van der Waals surface area contributed by atoms with Gasteiger partial charge in [-0.05, 0) is 44.0 Å². The quantitative estimate of drug-likeness (QED) is 0.764. The first-order chi connectivity index (χ1) is 12.6. The fourth-order valence-corrected chi connectivity index (χ4v) is 3.94. The zero-order valence-corrected chi connectivity index (χ0v) is 16.7. The summed E-state index contributed by atoms with van der Waals surface area (Å²) in [6, 6.07) is 6.09. The third-order valence-electron chi connectivity index (χ3n) is 4.68. The highest BCUT2D eigenvalue weighted by molar-refractivity contribution is 7.99. The molecule has 26 heavy (non-hydrogen) atoms. The summed E-state index contributed by atoms with van der Waals surface area (Å²) in [6.45, 7) is 7.32. The van der Waals surface area contributed by atoms with E-state index in [0.717, 1.165) is 43.7 Å². The highest BCUT2D eigenvalue weighted by Gasteiger charge is 2.20. The van der Waals surface area contributed by atoms with Gasteiger partial charge in [0.1, 0.15) is 6.33 Å². The molecule has 2 heterocycles. The zero-order valence-electron chi connectivity index (χ0n) is 15.1. The number of thioether (sulfide) groups is 1. The van der Waals surface area contributed by atoms with Gasteiger partial charge in [0.2, 0.25) is 5.91 Å². The number of carbonyl (C=O) groups excluding carboxylic acids is 1. The second-order valence-corrected chi connectivity index (χ2v) is 7.83. The second kappa shape index (κ2) is 8.88. The van der Waals surface area contributed by atoms with Crippen molar-refractivity contribution >= 4 is 29.3 Å². The maximum atomic E-state index is 12.3. The topological polar surface area (TPSA) is 63.1 Å². The molecule has 1 aromatic carbocycles. The highest BCUT2D eigenvalue weighted by atomic mass is 35.5. The summed E-state index contributed by atoms with van der Waals surface area (Å²) in [7, 11) is 0. The van der Waals surface area contributed by atoms with E-state index in [0.29, 0.717) is 15.9 Å². The van der Waals surface area contributed by atoms with Crippen LogP contribution >= 0.6 is 23.4 Å². The Morgan fingerprint density at radius 1 is 1.38 bits per heavy atom. The van der Waals surface area contributed by atoms with Crippen LogP contribution in [-0.4, -0.2) is 57.0 Å². The first-order valence-corrected chi connectivity index (χ1v) is 10.2. The minimum Gasteiger partial charge on any atom is -0.353 e. The number of amides is 1. The van der Waals surface area contributed by atoms with Crippen LogP contribution in [0.2, 0.25) is 5.02 Å². The lowest BCUT2D eigenvalue weighted by molar-refractivity contribution is -0.119. The molecule has 1 aromatic heterocycles. The number of hydrogen-bond acceptors (Lipinski definition) is 5. The number of benzene rings is 1. The third-order valence-corrected chi connectivity index (χ3v) is 6.03. The lowest BCUT2D eigenvalue weighted by Crippen LogP contribution is -2.45. The molecule has 8 heteroatoms. The Balaban J connectivity index is 1.55. The van der Waals surface area contributed by atoms with Gasteiger partial charge in [-0.2, -0.15) is 0 Å². The van der Waals surface area contributed by atoms with Gasteiger partial charge in [0.25, 0.3) is 0 Å². The first-order valence-electron chi connectivity index (χ1n) is 8.88. The molecule has 2 aromatic rings. The zero-order chi connectivity index (χ0) is 18.5. The summed E-state index contributed by atoms with van der Waals surface area (Å²) in [4.78, 5) is 14.7. The Bertz CT molecular complexity index is 758. The van der Waals surface area contributed by atoms with Gasteiger partial charge in [-0.15, -0.1) is 10.2 Å². The fourth-order valence-electron chi connectivity index (χ4n) is 3.02. The van der Waals surface area contributed by atoms with Crippen LogP contribution in [0.5, 0.6) is 0 Å². The fraction of sp³-hybridized carbons (Fsp3) is 0.500. The first kappa shape index (κ1) is 19.2. The van der Waals surface area contributed by atoms with Crippen LogP contribution in [-0.2, 0) is 4.79 Å². The number of piperidine rings is 1. The van der Waals surface area contributed by atoms with Crippen LogP contribution in [0, 0.1) is 6.92 Å². The van der Waals surface area contributed by atoms with E-state index in [-0.39, 0.29) is 11.9 Å². The number of rotatable bonds is 6. The molecule has 3 rings (SSSR count). The smallest absolute Gasteiger partial charge is 0.230 e. The van der Waals surface area contributed by atoms with Gasteiger partial charge in [0.15, 0.2) is 5.16 Å². The Hall–Kier alpha value is -1.57. The summed E-state index contributed by atoms with van der Waals surface area (Å²) in [5.41, 5.74) is 1.91. The van der Waals surface area contributed by atoms with Crippen molar-refractivity contribution in [2.45, 2.75) is 37.9 Å². The summed E-state index contributed by atoms with van der Waals surface area (Å²) in [5, 5.41) is 12.6. The van der Waals surface area contributed by atoms with E-state index in [1.807, 2.05) is 29.7 Å². The maximum Gasteiger partial charge on any atom is 0.230 e. The van der Waals surface area contributed by atoms with Crippen molar-refractivity contribution in [1.82, 2.24) is 25.0 Å². The summed E-state index contributed by atoms with van der Waals surface area (Å²) in [6.07, 6.45) is 3.67. The molecule has 0 bridgehead atoms. The molecular weight excluding hydrogens is 370 g/mol. The van der Waals surface area contributed by atoms with Crippen molar-refractivity contribution in [2.24, 2.45) is 0 Å². The van der Waals surface area contributed by atoms with Gasteiger partial charge in [-0.1, -0.05) is 36.4 Å². The van der Waals surface area contributed by atoms with Crippen LogP contribution in [0.3, 0.4) is 0 Å². The molecule has 0 radical (unpaired) electrons. The molecule has 1 fully saturated rings. The number of aryl methyl sites for hydroxylation is 1.